The molecule has 31 heavy (non-hydrogen) atoms. The Hall–Kier alpha value is -2.23. The Bertz CT molecular complexity index is 1140. The summed E-state index contributed by atoms with van der Waals surface area (Å²) in [5.41, 5.74) is 7.83. The first-order chi connectivity index (χ1) is 15.0. The molecule has 1 heterocycles. The maximum Gasteiger partial charge on any atom is 0.119 e. The molecular formula is C27H25BrClNO. The van der Waals surface area contributed by atoms with Gasteiger partial charge in [-0.05, 0) is 100 Å². The van der Waals surface area contributed by atoms with E-state index in [0.29, 0.717) is 18.4 Å². The Morgan fingerprint density at radius 2 is 1.81 bits per heavy atom. The van der Waals surface area contributed by atoms with Crippen LogP contribution in [0.2, 0.25) is 5.02 Å². The smallest absolute Gasteiger partial charge is 0.119 e. The molecule has 1 aliphatic heterocycles. The van der Waals surface area contributed by atoms with Crippen LogP contribution in [-0.2, 0) is 6.61 Å². The van der Waals surface area contributed by atoms with Gasteiger partial charge in [0.1, 0.15) is 12.4 Å². The molecule has 3 aromatic carbocycles. The fraction of sp³-hybridized carbons (Fsp3) is 0.259. The van der Waals surface area contributed by atoms with Crippen LogP contribution in [0.25, 0.3) is 0 Å². The van der Waals surface area contributed by atoms with E-state index >= 15 is 0 Å². The third kappa shape index (κ3) is 3.90. The van der Waals surface area contributed by atoms with Crippen molar-refractivity contribution in [3.63, 3.8) is 0 Å². The third-order valence-corrected chi connectivity index (χ3v) is 7.56. The van der Waals surface area contributed by atoms with Gasteiger partial charge in [0.15, 0.2) is 0 Å². The summed E-state index contributed by atoms with van der Waals surface area (Å²) in [6.45, 7) is 4.98. The fourth-order valence-corrected chi connectivity index (χ4v) is 5.70. The molecule has 0 saturated heterocycles. The zero-order valence-corrected chi connectivity index (χ0v) is 20.0. The molecule has 0 radical (unpaired) electrons. The number of aryl methyl sites for hydroxylation is 1. The van der Waals surface area contributed by atoms with E-state index in [1.165, 1.54) is 27.9 Å². The van der Waals surface area contributed by atoms with Gasteiger partial charge in [0, 0.05) is 15.4 Å². The van der Waals surface area contributed by atoms with Crippen molar-refractivity contribution in [3.8, 4) is 5.75 Å². The fourth-order valence-electron chi connectivity index (χ4n) is 4.90. The molecular weight excluding hydrogens is 470 g/mol. The van der Waals surface area contributed by atoms with Crippen molar-refractivity contribution in [1.29, 1.82) is 0 Å². The molecule has 0 saturated carbocycles. The van der Waals surface area contributed by atoms with Crippen molar-refractivity contribution >= 4 is 33.2 Å². The van der Waals surface area contributed by atoms with Crippen LogP contribution in [0.1, 0.15) is 46.2 Å². The minimum absolute atomic E-state index is 0.274. The second-order valence-electron chi connectivity index (χ2n) is 8.55. The Labute approximate surface area is 197 Å². The molecule has 1 N–H and O–H groups in total. The molecule has 4 heteroatoms. The predicted octanol–water partition coefficient (Wildman–Crippen LogP) is 8.12. The van der Waals surface area contributed by atoms with Crippen molar-refractivity contribution in [3.05, 3.63) is 104 Å². The summed E-state index contributed by atoms with van der Waals surface area (Å²) in [6, 6.07) is 18.8. The lowest BCUT2D eigenvalue weighted by Crippen LogP contribution is -2.30. The highest BCUT2D eigenvalue weighted by Gasteiger charge is 2.39. The lowest BCUT2D eigenvalue weighted by atomic mass is 9.75. The number of halogens is 2. The van der Waals surface area contributed by atoms with E-state index in [4.69, 9.17) is 16.3 Å². The molecule has 5 rings (SSSR count). The van der Waals surface area contributed by atoms with Gasteiger partial charge in [0.05, 0.1) is 11.7 Å². The number of hydrogen-bond donors (Lipinski definition) is 1. The van der Waals surface area contributed by atoms with Crippen molar-refractivity contribution in [2.24, 2.45) is 5.92 Å². The molecule has 0 amide bonds. The van der Waals surface area contributed by atoms with E-state index in [-0.39, 0.29) is 6.04 Å². The summed E-state index contributed by atoms with van der Waals surface area (Å²) in [7, 11) is 0. The van der Waals surface area contributed by atoms with Crippen LogP contribution < -0.4 is 10.1 Å². The molecule has 0 fully saturated rings. The highest BCUT2D eigenvalue weighted by molar-refractivity contribution is 9.10. The molecule has 158 valence electrons. The van der Waals surface area contributed by atoms with E-state index < -0.39 is 0 Å². The monoisotopic (exact) mass is 493 g/mol. The normalized spacial score (nSPS) is 21.4. The highest BCUT2D eigenvalue weighted by Crippen LogP contribution is 2.53. The summed E-state index contributed by atoms with van der Waals surface area (Å²) in [5, 5.41) is 4.61. The summed E-state index contributed by atoms with van der Waals surface area (Å²) in [6.07, 6.45) is 5.85. The highest BCUT2D eigenvalue weighted by atomic mass is 79.9. The lowest BCUT2D eigenvalue weighted by molar-refractivity contribution is 0.306. The largest absolute Gasteiger partial charge is 0.489 e. The molecule has 0 aromatic heterocycles. The van der Waals surface area contributed by atoms with Crippen LogP contribution in [0.3, 0.4) is 0 Å². The van der Waals surface area contributed by atoms with Crippen LogP contribution in [0.5, 0.6) is 5.75 Å². The second kappa shape index (κ2) is 8.37. The van der Waals surface area contributed by atoms with E-state index in [2.05, 4.69) is 77.6 Å². The zero-order chi connectivity index (χ0) is 21.5. The van der Waals surface area contributed by atoms with Crippen LogP contribution >= 0.6 is 27.5 Å². The average molecular weight is 495 g/mol. The molecule has 3 aromatic rings. The maximum absolute atomic E-state index is 5.98. The third-order valence-electron chi connectivity index (χ3n) is 6.68. The minimum Gasteiger partial charge on any atom is -0.489 e. The van der Waals surface area contributed by atoms with Crippen molar-refractivity contribution in [2.75, 3.05) is 5.32 Å². The number of nitrogens with one attached hydrogen (secondary N) is 1. The predicted molar refractivity (Wildman–Crippen MR) is 132 cm³/mol. The van der Waals surface area contributed by atoms with E-state index in [9.17, 15) is 0 Å². The standard InChI is InChI=1S/C27H25BrClNO/c1-16-14-24(28)27-25(17(16)2)22-4-3-5-23(22)26(30-27)19-8-12-21(13-9-19)31-15-18-6-10-20(29)11-7-18/h3-4,6-14,22-23,26,30H,5,15H2,1-2H3. The van der Waals surface area contributed by atoms with Gasteiger partial charge in [0.2, 0.25) is 0 Å². The average Bonchev–Trinajstić information content (AvgIpc) is 3.26. The van der Waals surface area contributed by atoms with Gasteiger partial charge in [-0.15, -0.1) is 0 Å². The van der Waals surface area contributed by atoms with E-state index in [0.717, 1.165) is 27.2 Å². The van der Waals surface area contributed by atoms with Gasteiger partial charge >= 0.3 is 0 Å². The van der Waals surface area contributed by atoms with Gasteiger partial charge in [-0.1, -0.05) is 48.0 Å². The maximum atomic E-state index is 5.98. The number of anilines is 1. The zero-order valence-electron chi connectivity index (χ0n) is 17.7. The SMILES string of the molecule is Cc1cc(Br)c2c(c1C)C1C=CCC1C(c1ccc(OCc3ccc(Cl)cc3)cc1)N2. The number of hydrogen-bond acceptors (Lipinski definition) is 2. The minimum atomic E-state index is 0.274. The van der Waals surface area contributed by atoms with Gasteiger partial charge in [0.25, 0.3) is 0 Å². The molecule has 2 nitrogen and oxygen atoms in total. The van der Waals surface area contributed by atoms with Crippen LogP contribution in [0.4, 0.5) is 5.69 Å². The number of rotatable bonds is 4. The van der Waals surface area contributed by atoms with Gasteiger partial charge in [-0.2, -0.15) is 0 Å². The van der Waals surface area contributed by atoms with Crippen molar-refractivity contribution < 1.29 is 4.74 Å². The van der Waals surface area contributed by atoms with Crippen molar-refractivity contribution in [2.45, 2.75) is 38.8 Å². The number of allylic oxidation sites excluding steroid dienone is 2. The summed E-state index contributed by atoms with van der Waals surface area (Å²) in [4.78, 5) is 0. The first kappa shape index (κ1) is 20.7. The van der Waals surface area contributed by atoms with Crippen LogP contribution in [-0.4, -0.2) is 0 Å². The second-order valence-corrected chi connectivity index (χ2v) is 9.84. The quantitative estimate of drug-likeness (QED) is 0.370. The molecule has 0 bridgehead atoms. The summed E-state index contributed by atoms with van der Waals surface area (Å²) >= 11 is 9.77. The lowest BCUT2D eigenvalue weighted by Gasteiger charge is -2.39. The Kier molecular flexibility index (Phi) is 5.58. The summed E-state index contributed by atoms with van der Waals surface area (Å²) < 4.78 is 7.13. The Balaban J connectivity index is 1.38. The van der Waals surface area contributed by atoms with Gasteiger partial charge < -0.3 is 10.1 Å². The first-order valence-corrected chi connectivity index (χ1v) is 11.9. The van der Waals surface area contributed by atoms with Gasteiger partial charge in [-0.25, -0.2) is 0 Å². The van der Waals surface area contributed by atoms with Crippen LogP contribution in [0.15, 0.2) is 71.2 Å². The van der Waals surface area contributed by atoms with E-state index in [1.54, 1.807) is 0 Å². The number of ether oxygens (including phenoxy) is 1. The summed E-state index contributed by atoms with van der Waals surface area (Å²) in [5.74, 6) is 1.86. The topological polar surface area (TPSA) is 21.3 Å². The Morgan fingerprint density at radius 1 is 1.06 bits per heavy atom. The first-order valence-electron chi connectivity index (χ1n) is 10.7. The molecule has 0 spiro atoms. The van der Waals surface area contributed by atoms with Gasteiger partial charge in [-0.3, -0.25) is 0 Å². The number of fused-ring (bicyclic) bond motifs is 3. The molecule has 1 aliphatic carbocycles. The van der Waals surface area contributed by atoms with Crippen LogP contribution in [0, 0.1) is 19.8 Å². The molecule has 3 atom stereocenters. The van der Waals surface area contributed by atoms with E-state index in [1.807, 2.05) is 24.3 Å². The van der Waals surface area contributed by atoms with Crippen molar-refractivity contribution in [1.82, 2.24) is 0 Å². The number of benzene rings is 3. The Morgan fingerprint density at radius 3 is 2.55 bits per heavy atom. The molecule has 2 aliphatic rings. The molecule has 3 unspecified atom stereocenters.